The van der Waals surface area contributed by atoms with Crippen molar-refractivity contribution in [3.63, 3.8) is 0 Å². The van der Waals surface area contributed by atoms with Gasteiger partial charge in [-0.1, -0.05) is 67.6 Å². The van der Waals surface area contributed by atoms with Crippen LogP contribution in [-0.2, 0) is 6.42 Å². The summed E-state index contributed by atoms with van der Waals surface area (Å²) in [7, 11) is 0. The monoisotopic (exact) mass is 438 g/mol. The number of nitrogens with zero attached hydrogens (tertiary/aromatic N) is 4. The zero-order chi connectivity index (χ0) is 22.0. The first kappa shape index (κ1) is 19.4. The van der Waals surface area contributed by atoms with Gasteiger partial charge in [-0.15, -0.1) is 0 Å². The molecule has 3 unspecified atom stereocenters. The van der Waals surface area contributed by atoms with Crippen LogP contribution in [0.1, 0.15) is 59.4 Å². The highest BCUT2D eigenvalue weighted by Gasteiger charge is 2.50. The molecular formula is C26H22N4OS. The molecule has 0 aliphatic heterocycles. The summed E-state index contributed by atoms with van der Waals surface area (Å²) < 4.78 is 2.99. The van der Waals surface area contributed by atoms with E-state index in [0.29, 0.717) is 17.9 Å². The number of ketones is 1. The molecule has 2 heterocycles. The van der Waals surface area contributed by atoms with Crippen molar-refractivity contribution in [1.29, 1.82) is 5.26 Å². The van der Waals surface area contributed by atoms with Gasteiger partial charge in [-0.3, -0.25) is 4.79 Å². The third-order valence-corrected chi connectivity index (χ3v) is 7.90. The number of carbonyl (C=O) groups is 1. The van der Waals surface area contributed by atoms with Crippen LogP contribution in [0.2, 0.25) is 0 Å². The number of Topliss-reactive ketones (excluding diaryl/α,β-unsaturated/α-hetero) is 1. The second-order valence-corrected chi connectivity index (χ2v) is 10.5. The number of thiazole rings is 1. The van der Waals surface area contributed by atoms with Gasteiger partial charge in [0.05, 0.1) is 33.2 Å². The number of carbonyl (C=O) groups excluding carboxylic acids is 1. The Bertz CT molecular complexity index is 1380. The fourth-order valence-corrected chi connectivity index (χ4v) is 6.05. The molecule has 0 radical (unpaired) electrons. The maximum Gasteiger partial charge on any atom is 0.211 e. The zero-order valence-corrected chi connectivity index (χ0v) is 18.8. The first-order chi connectivity index (χ1) is 15.5. The van der Waals surface area contributed by atoms with E-state index in [1.807, 2.05) is 42.8 Å². The molecule has 2 aromatic carbocycles. The van der Waals surface area contributed by atoms with Crippen LogP contribution in [0.4, 0.5) is 0 Å². The van der Waals surface area contributed by atoms with Gasteiger partial charge in [0.15, 0.2) is 5.78 Å². The molecule has 158 valence electrons. The molecule has 1 saturated carbocycles. The number of nitriles is 1. The van der Waals surface area contributed by atoms with Crippen LogP contribution in [0.25, 0.3) is 15.3 Å². The SMILES string of the molecule is CC1(C)Cc2c(c(C3CC3c3ccccc3)nn2-c2nc3ccccc3s2)C(=O)C1C#N. The lowest BCUT2D eigenvalue weighted by molar-refractivity contribution is 0.0833. The van der Waals surface area contributed by atoms with Crippen LogP contribution in [0.3, 0.4) is 0 Å². The van der Waals surface area contributed by atoms with E-state index in [-0.39, 0.29) is 11.7 Å². The predicted octanol–water partition coefficient (Wildman–Crippen LogP) is 5.66. The van der Waals surface area contributed by atoms with Gasteiger partial charge in [0.1, 0.15) is 5.92 Å². The number of rotatable bonds is 3. The largest absolute Gasteiger partial charge is 0.293 e. The first-order valence-corrected chi connectivity index (χ1v) is 11.8. The number of aromatic nitrogens is 3. The predicted molar refractivity (Wildman–Crippen MR) is 124 cm³/mol. The topological polar surface area (TPSA) is 71.6 Å². The third kappa shape index (κ3) is 2.85. The van der Waals surface area contributed by atoms with Gasteiger partial charge in [0, 0.05) is 5.92 Å². The quantitative estimate of drug-likeness (QED) is 0.414. The van der Waals surface area contributed by atoms with Crippen LogP contribution >= 0.6 is 11.3 Å². The summed E-state index contributed by atoms with van der Waals surface area (Å²) in [5.41, 5.74) is 4.17. The minimum absolute atomic E-state index is 0.0835. The van der Waals surface area contributed by atoms with Crippen molar-refractivity contribution in [2.24, 2.45) is 11.3 Å². The number of hydrogen-bond donors (Lipinski definition) is 0. The first-order valence-electron chi connectivity index (χ1n) is 10.9. The van der Waals surface area contributed by atoms with Gasteiger partial charge in [-0.05, 0) is 41.9 Å². The molecule has 2 aliphatic rings. The van der Waals surface area contributed by atoms with Crippen LogP contribution in [-0.4, -0.2) is 20.5 Å². The summed E-state index contributed by atoms with van der Waals surface area (Å²) in [6.07, 6.45) is 1.60. The van der Waals surface area contributed by atoms with E-state index >= 15 is 0 Å². The molecule has 0 spiro atoms. The van der Waals surface area contributed by atoms with Crippen molar-refractivity contribution >= 4 is 27.3 Å². The summed E-state index contributed by atoms with van der Waals surface area (Å²) in [4.78, 5) is 18.4. The lowest BCUT2D eigenvalue weighted by Gasteiger charge is -2.33. The third-order valence-electron chi connectivity index (χ3n) is 6.88. The maximum absolute atomic E-state index is 13.6. The standard InChI is InChI=1S/C26H22N4OS/c1-26(2)13-20-22(24(31)18(26)14-27)23(17-12-16(17)15-8-4-3-5-9-15)29-30(20)25-28-19-10-6-7-11-21(19)32-25/h3-11,16-18H,12-13H2,1-2H3. The average molecular weight is 439 g/mol. The summed E-state index contributed by atoms with van der Waals surface area (Å²) in [6.45, 7) is 4.00. The van der Waals surface area contributed by atoms with Crippen molar-refractivity contribution in [3.05, 3.63) is 77.1 Å². The molecule has 2 aliphatic carbocycles. The van der Waals surface area contributed by atoms with E-state index in [2.05, 4.69) is 36.4 Å². The molecular weight excluding hydrogens is 416 g/mol. The highest BCUT2D eigenvalue weighted by Crippen LogP contribution is 2.56. The Balaban J connectivity index is 1.52. The van der Waals surface area contributed by atoms with E-state index in [9.17, 15) is 10.1 Å². The Hall–Kier alpha value is -3.30. The van der Waals surface area contributed by atoms with Gasteiger partial charge < -0.3 is 0 Å². The van der Waals surface area contributed by atoms with Gasteiger partial charge in [-0.25, -0.2) is 9.67 Å². The maximum atomic E-state index is 13.6. The molecule has 0 saturated heterocycles. The van der Waals surface area contributed by atoms with Crippen molar-refractivity contribution < 1.29 is 4.79 Å². The second kappa shape index (κ2) is 6.85. The molecule has 5 nitrogen and oxygen atoms in total. The minimum atomic E-state index is -0.657. The lowest BCUT2D eigenvalue weighted by atomic mass is 9.67. The summed E-state index contributed by atoms with van der Waals surface area (Å²) >= 11 is 1.59. The molecule has 0 bridgehead atoms. The van der Waals surface area contributed by atoms with Crippen molar-refractivity contribution in [2.45, 2.75) is 38.5 Å². The molecule has 3 atom stereocenters. The highest BCUT2D eigenvalue weighted by atomic mass is 32.1. The molecule has 0 amide bonds. The second-order valence-electron chi connectivity index (χ2n) is 9.53. The van der Waals surface area contributed by atoms with Gasteiger partial charge in [0.25, 0.3) is 0 Å². The van der Waals surface area contributed by atoms with E-state index in [1.54, 1.807) is 11.3 Å². The normalized spacial score (nSPS) is 23.7. The Morgan fingerprint density at radius 1 is 1.09 bits per heavy atom. The molecule has 6 heteroatoms. The Morgan fingerprint density at radius 3 is 2.59 bits per heavy atom. The van der Waals surface area contributed by atoms with Crippen LogP contribution in [0.5, 0.6) is 0 Å². The zero-order valence-electron chi connectivity index (χ0n) is 17.9. The Labute approximate surface area is 190 Å². The molecule has 32 heavy (non-hydrogen) atoms. The Kier molecular flexibility index (Phi) is 4.15. The number of fused-ring (bicyclic) bond motifs is 2. The fraction of sp³-hybridized carbons (Fsp3) is 0.308. The van der Waals surface area contributed by atoms with Gasteiger partial charge >= 0.3 is 0 Å². The summed E-state index contributed by atoms with van der Waals surface area (Å²) in [5, 5.41) is 15.6. The van der Waals surface area contributed by atoms with Crippen LogP contribution in [0, 0.1) is 22.7 Å². The van der Waals surface area contributed by atoms with Gasteiger partial charge in [-0.2, -0.15) is 10.4 Å². The van der Waals surface area contributed by atoms with E-state index in [0.717, 1.165) is 33.2 Å². The van der Waals surface area contributed by atoms with Crippen molar-refractivity contribution in [3.8, 4) is 11.2 Å². The van der Waals surface area contributed by atoms with E-state index in [4.69, 9.17) is 10.1 Å². The van der Waals surface area contributed by atoms with E-state index < -0.39 is 11.3 Å². The number of para-hydroxylation sites is 1. The number of hydrogen-bond acceptors (Lipinski definition) is 5. The van der Waals surface area contributed by atoms with Crippen LogP contribution < -0.4 is 0 Å². The Morgan fingerprint density at radius 2 is 1.84 bits per heavy atom. The average Bonchev–Trinajstić information content (AvgIpc) is 3.31. The lowest BCUT2D eigenvalue weighted by Crippen LogP contribution is -2.38. The molecule has 6 rings (SSSR count). The highest BCUT2D eigenvalue weighted by molar-refractivity contribution is 7.20. The smallest absolute Gasteiger partial charge is 0.211 e. The molecule has 2 aromatic heterocycles. The van der Waals surface area contributed by atoms with Crippen molar-refractivity contribution in [2.75, 3.05) is 0 Å². The summed E-state index contributed by atoms with van der Waals surface area (Å²) in [5.74, 6) is -0.177. The summed E-state index contributed by atoms with van der Waals surface area (Å²) in [6, 6.07) is 20.7. The number of benzene rings is 2. The van der Waals surface area contributed by atoms with E-state index in [1.165, 1.54) is 5.56 Å². The fourth-order valence-electron chi connectivity index (χ4n) is 5.10. The minimum Gasteiger partial charge on any atom is -0.293 e. The van der Waals surface area contributed by atoms with Gasteiger partial charge in [0.2, 0.25) is 5.13 Å². The molecule has 0 N–H and O–H groups in total. The molecule has 1 fully saturated rings. The van der Waals surface area contributed by atoms with Crippen molar-refractivity contribution in [1.82, 2.24) is 14.8 Å². The molecule has 4 aromatic rings. The van der Waals surface area contributed by atoms with Crippen LogP contribution in [0.15, 0.2) is 54.6 Å².